The van der Waals surface area contributed by atoms with Crippen LogP contribution in [0.1, 0.15) is 61.1 Å². The fourth-order valence-corrected chi connectivity index (χ4v) is 23.8. The first-order valence-electron chi connectivity index (χ1n) is 17.6. The SMILES string of the molecule is CC1=C(C)C(C)C([Si](c2cc(C)c(C)cc2[Si](C)(C)C)(c2cc(C)c(C)cc2[Si](C)(C)C)c2cc(C)c(C)cc2[Si](C)(C)C)=C1C. The van der Waals surface area contributed by atoms with Crippen LogP contribution in [0, 0.1) is 47.5 Å². The smallest absolute Gasteiger partial charge is 0.0656 e. The molecular weight excluding hydrogens is 617 g/mol. The molecule has 0 nitrogen and oxygen atoms in total. The van der Waals surface area contributed by atoms with Crippen molar-refractivity contribution in [1.29, 1.82) is 0 Å². The van der Waals surface area contributed by atoms with E-state index in [0.29, 0.717) is 5.92 Å². The molecule has 46 heavy (non-hydrogen) atoms. The third-order valence-corrected chi connectivity index (χ3v) is 23.7. The van der Waals surface area contributed by atoms with Gasteiger partial charge in [-0.1, -0.05) is 134 Å². The highest BCUT2D eigenvalue weighted by Crippen LogP contribution is 2.42. The van der Waals surface area contributed by atoms with Crippen LogP contribution in [0.4, 0.5) is 0 Å². The highest BCUT2D eigenvalue weighted by atomic mass is 28.3. The van der Waals surface area contributed by atoms with Crippen molar-refractivity contribution in [2.75, 3.05) is 0 Å². The van der Waals surface area contributed by atoms with Crippen LogP contribution in [0.5, 0.6) is 0 Å². The van der Waals surface area contributed by atoms with Gasteiger partial charge < -0.3 is 0 Å². The number of aryl methyl sites for hydroxylation is 6. The normalized spacial score (nSPS) is 16.6. The molecule has 1 atom stereocenters. The van der Waals surface area contributed by atoms with Gasteiger partial charge in [-0.3, -0.25) is 0 Å². The highest BCUT2D eigenvalue weighted by molar-refractivity contribution is 7.22. The molecule has 0 N–H and O–H groups in total. The Kier molecular flexibility index (Phi) is 9.74. The zero-order valence-corrected chi connectivity index (χ0v) is 37.0. The maximum Gasteiger partial charge on any atom is 0.176 e. The van der Waals surface area contributed by atoms with Crippen LogP contribution < -0.4 is 31.1 Å². The second-order valence-electron chi connectivity index (χ2n) is 18.0. The monoisotopic (exact) mass is 680 g/mol. The van der Waals surface area contributed by atoms with E-state index < -0.39 is 32.3 Å². The lowest BCUT2D eigenvalue weighted by atomic mass is 10.1. The van der Waals surface area contributed by atoms with Gasteiger partial charge in [0.2, 0.25) is 0 Å². The summed E-state index contributed by atoms with van der Waals surface area (Å²) in [6, 6.07) is 16.1. The summed E-state index contributed by atoms with van der Waals surface area (Å²) in [5.74, 6) is 0.412. The summed E-state index contributed by atoms with van der Waals surface area (Å²) in [5, 5.41) is 11.9. The Bertz CT molecular complexity index is 1610. The Morgan fingerprint density at radius 2 is 0.609 bits per heavy atom. The first-order chi connectivity index (χ1) is 20.9. The van der Waals surface area contributed by atoms with Gasteiger partial charge in [-0.25, -0.2) is 0 Å². The lowest BCUT2D eigenvalue weighted by molar-refractivity contribution is 0.852. The quantitative estimate of drug-likeness (QED) is 0.174. The largest absolute Gasteiger partial charge is 0.176 e. The molecule has 3 aromatic rings. The van der Waals surface area contributed by atoms with E-state index in [1.54, 1.807) is 47.5 Å². The van der Waals surface area contributed by atoms with E-state index >= 15 is 0 Å². The van der Waals surface area contributed by atoms with Gasteiger partial charge in [-0.15, -0.1) is 0 Å². The van der Waals surface area contributed by atoms with Crippen LogP contribution in [-0.4, -0.2) is 32.3 Å². The van der Waals surface area contributed by atoms with Crippen LogP contribution in [-0.2, 0) is 0 Å². The van der Waals surface area contributed by atoms with Gasteiger partial charge in [-0.2, -0.15) is 0 Å². The van der Waals surface area contributed by atoms with Gasteiger partial charge in [0.15, 0.2) is 8.07 Å². The molecule has 0 amide bonds. The van der Waals surface area contributed by atoms with Crippen molar-refractivity contribution >= 4 is 63.4 Å². The van der Waals surface area contributed by atoms with Gasteiger partial charge in [0.05, 0.1) is 24.2 Å². The van der Waals surface area contributed by atoms with Crippen LogP contribution in [0.15, 0.2) is 58.3 Å². The topological polar surface area (TPSA) is 0 Å². The minimum Gasteiger partial charge on any atom is -0.0656 e. The van der Waals surface area contributed by atoms with Crippen molar-refractivity contribution in [3.63, 3.8) is 0 Å². The van der Waals surface area contributed by atoms with Crippen molar-refractivity contribution in [2.45, 2.75) is 128 Å². The van der Waals surface area contributed by atoms with Gasteiger partial charge >= 0.3 is 0 Å². The van der Waals surface area contributed by atoms with E-state index in [2.05, 4.69) is 165 Å². The van der Waals surface area contributed by atoms with Crippen molar-refractivity contribution in [3.05, 3.63) is 91.7 Å². The van der Waals surface area contributed by atoms with Crippen molar-refractivity contribution in [1.82, 2.24) is 0 Å². The second-order valence-corrected chi connectivity index (χ2v) is 36.8. The van der Waals surface area contributed by atoms with Gasteiger partial charge in [0, 0.05) is 0 Å². The molecule has 0 heterocycles. The number of rotatable bonds is 7. The molecule has 0 saturated carbocycles. The summed E-state index contributed by atoms with van der Waals surface area (Å²) in [7, 11) is -8.26. The van der Waals surface area contributed by atoms with E-state index in [1.165, 1.54) is 39.0 Å². The van der Waals surface area contributed by atoms with E-state index in [4.69, 9.17) is 0 Å². The molecule has 1 aliphatic carbocycles. The highest BCUT2D eigenvalue weighted by Gasteiger charge is 2.53. The predicted molar refractivity (Wildman–Crippen MR) is 222 cm³/mol. The first-order valence-corrected chi connectivity index (χ1v) is 30.1. The molecule has 0 saturated heterocycles. The minimum absolute atomic E-state index is 0.412. The Hall–Kier alpha value is -1.99. The molecule has 4 heteroatoms. The summed E-state index contributed by atoms with van der Waals surface area (Å²) in [6.07, 6.45) is 0. The summed E-state index contributed by atoms with van der Waals surface area (Å²) in [4.78, 5) is 0. The van der Waals surface area contributed by atoms with Crippen LogP contribution in [0.25, 0.3) is 0 Å². The van der Waals surface area contributed by atoms with Crippen LogP contribution in [0.2, 0.25) is 58.9 Å². The molecule has 0 radical (unpaired) electrons. The van der Waals surface area contributed by atoms with E-state index in [1.807, 2.05) is 0 Å². The van der Waals surface area contributed by atoms with Gasteiger partial charge in [-0.05, 0) is 123 Å². The summed E-state index contributed by atoms with van der Waals surface area (Å²) < 4.78 is 0. The predicted octanol–water partition coefficient (Wildman–Crippen LogP) is 8.48. The lowest BCUT2D eigenvalue weighted by Gasteiger charge is -2.46. The minimum atomic E-state index is -2.88. The molecule has 0 bridgehead atoms. The molecule has 1 unspecified atom stereocenters. The number of hydrogen-bond acceptors (Lipinski definition) is 0. The number of benzene rings is 3. The molecule has 0 spiro atoms. The summed E-state index contributed by atoms with van der Waals surface area (Å²) >= 11 is 0. The molecule has 1 aliphatic rings. The van der Waals surface area contributed by atoms with Crippen LogP contribution in [0.3, 0.4) is 0 Å². The molecule has 0 fully saturated rings. The van der Waals surface area contributed by atoms with Gasteiger partial charge in [0.1, 0.15) is 0 Å². The maximum absolute atomic E-state index is 2.88. The number of hydrogen-bond donors (Lipinski definition) is 0. The molecule has 4 rings (SSSR count). The molecule has 3 aromatic carbocycles. The third-order valence-electron chi connectivity index (χ3n) is 11.6. The van der Waals surface area contributed by atoms with Crippen molar-refractivity contribution in [3.8, 4) is 0 Å². The average Bonchev–Trinajstić information content (AvgIpc) is 3.10. The van der Waals surface area contributed by atoms with E-state index in [9.17, 15) is 0 Å². The maximum atomic E-state index is 2.72. The standard InChI is InChI=1S/C42H64Si4/c1-26-20-36(43(11,12)13)39(23-29(26)4)46(42-34(9)32(7)33(8)35(42)10,40-24-30(5)27(2)21-37(40)44(14,15)16)41-25-31(6)28(3)22-38(41)45(17,18)19/h20-25,34H,1-19H3. The van der Waals surface area contributed by atoms with Crippen molar-refractivity contribution < 1.29 is 0 Å². The third kappa shape index (κ3) is 6.06. The summed E-state index contributed by atoms with van der Waals surface area (Å²) in [5.41, 5.74) is 13.3. The summed E-state index contributed by atoms with van der Waals surface area (Å²) in [6.45, 7) is 47.3. The Morgan fingerprint density at radius 1 is 0.370 bits per heavy atom. The second kappa shape index (κ2) is 12.2. The average molecular weight is 681 g/mol. The molecule has 0 aromatic heterocycles. The zero-order chi connectivity index (χ0) is 35.1. The van der Waals surface area contributed by atoms with Gasteiger partial charge in [0.25, 0.3) is 0 Å². The fourth-order valence-electron chi connectivity index (χ4n) is 8.08. The first kappa shape index (κ1) is 36.8. The lowest BCUT2D eigenvalue weighted by Crippen LogP contribution is -2.81. The Balaban J connectivity index is 2.57. The fraction of sp³-hybridized carbons (Fsp3) is 0.476. The molecule has 0 aliphatic heterocycles. The zero-order valence-electron chi connectivity index (χ0n) is 33.0. The molecular formula is C42H64Si4. The van der Waals surface area contributed by atoms with E-state index in [-0.39, 0.29) is 0 Å². The molecule has 248 valence electrons. The Labute approximate surface area is 287 Å². The van der Waals surface area contributed by atoms with Crippen molar-refractivity contribution in [2.24, 2.45) is 5.92 Å². The number of allylic oxidation sites excluding steroid dienone is 4. The van der Waals surface area contributed by atoms with E-state index in [0.717, 1.165) is 0 Å². The van der Waals surface area contributed by atoms with Crippen LogP contribution >= 0.6 is 0 Å². The Morgan fingerprint density at radius 3 is 0.804 bits per heavy atom.